The highest BCUT2D eigenvalue weighted by molar-refractivity contribution is 7.99. The summed E-state index contributed by atoms with van der Waals surface area (Å²) >= 11 is 1.92. The maximum Gasteiger partial charge on any atom is 0.123 e. The van der Waals surface area contributed by atoms with Crippen LogP contribution in [0.25, 0.3) is 0 Å². The number of halogens is 1. The van der Waals surface area contributed by atoms with E-state index in [0.717, 1.165) is 44.2 Å². The molecule has 0 aliphatic carbocycles. The minimum absolute atomic E-state index is 0.169. The van der Waals surface area contributed by atoms with Gasteiger partial charge >= 0.3 is 0 Å². The van der Waals surface area contributed by atoms with Crippen LogP contribution in [0.3, 0.4) is 0 Å². The summed E-state index contributed by atoms with van der Waals surface area (Å²) in [5.41, 5.74) is 3.97. The number of nitrogens with zero attached hydrogens (tertiary/aromatic N) is 2. The zero-order chi connectivity index (χ0) is 16.9. The van der Waals surface area contributed by atoms with Crippen LogP contribution in [0.15, 0.2) is 47.4 Å². The number of hydrogen-bond donors (Lipinski definition) is 0. The van der Waals surface area contributed by atoms with E-state index in [4.69, 9.17) is 0 Å². The van der Waals surface area contributed by atoms with Crippen LogP contribution in [0.5, 0.6) is 0 Å². The van der Waals surface area contributed by atoms with Gasteiger partial charge in [0.05, 0.1) is 0 Å². The van der Waals surface area contributed by atoms with Gasteiger partial charge in [-0.3, -0.25) is 4.90 Å². The van der Waals surface area contributed by atoms with Gasteiger partial charge in [-0.25, -0.2) is 4.39 Å². The summed E-state index contributed by atoms with van der Waals surface area (Å²) in [7, 11) is 0. The second-order valence-electron chi connectivity index (χ2n) is 6.21. The Morgan fingerprint density at radius 3 is 2.38 bits per heavy atom. The number of piperazine rings is 1. The summed E-state index contributed by atoms with van der Waals surface area (Å²) < 4.78 is 13.1. The van der Waals surface area contributed by atoms with Crippen molar-refractivity contribution in [2.45, 2.75) is 25.3 Å². The van der Waals surface area contributed by atoms with Crippen molar-refractivity contribution in [3.63, 3.8) is 0 Å². The van der Waals surface area contributed by atoms with Crippen molar-refractivity contribution in [2.75, 3.05) is 36.8 Å². The third-order valence-electron chi connectivity index (χ3n) is 4.65. The summed E-state index contributed by atoms with van der Waals surface area (Å²) in [4.78, 5) is 6.26. The molecule has 1 fully saturated rings. The van der Waals surface area contributed by atoms with Gasteiger partial charge in [0.1, 0.15) is 5.82 Å². The fourth-order valence-corrected chi connectivity index (χ4v) is 4.03. The number of anilines is 1. The van der Waals surface area contributed by atoms with E-state index in [9.17, 15) is 4.39 Å². The lowest BCUT2D eigenvalue weighted by Gasteiger charge is -2.36. The number of thioether (sulfide) groups is 1. The van der Waals surface area contributed by atoms with Crippen LogP contribution in [0.1, 0.15) is 18.1 Å². The molecule has 1 aliphatic heterocycles. The zero-order valence-electron chi connectivity index (χ0n) is 14.5. The molecule has 0 spiro atoms. The van der Waals surface area contributed by atoms with Gasteiger partial charge in [-0.05, 0) is 54.1 Å². The Labute approximate surface area is 148 Å². The highest BCUT2D eigenvalue weighted by atomic mass is 32.2. The average Bonchev–Trinajstić information content (AvgIpc) is 2.60. The van der Waals surface area contributed by atoms with Gasteiger partial charge < -0.3 is 4.90 Å². The molecule has 0 saturated carbocycles. The maximum absolute atomic E-state index is 13.1. The average molecular weight is 344 g/mol. The molecule has 3 rings (SSSR count). The number of rotatable bonds is 5. The smallest absolute Gasteiger partial charge is 0.123 e. The van der Waals surface area contributed by atoms with Crippen molar-refractivity contribution in [2.24, 2.45) is 0 Å². The highest BCUT2D eigenvalue weighted by Crippen LogP contribution is 2.26. The molecule has 0 radical (unpaired) electrons. The van der Waals surface area contributed by atoms with Crippen LogP contribution >= 0.6 is 11.8 Å². The molecule has 1 heterocycles. The van der Waals surface area contributed by atoms with Crippen molar-refractivity contribution < 1.29 is 4.39 Å². The topological polar surface area (TPSA) is 6.48 Å². The van der Waals surface area contributed by atoms with E-state index in [1.807, 2.05) is 23.9 Å². The van der Waals surface area contributed by atoms with Gasteiger partial charge in [-0.15, -0.1) is 11.8 Å². The molecule has 0 unspecified atom stereocenters. The lowest BCUT2D eigenvalue weighted by atomic mass is 10.1. The van der Waals surface area contributed by atoms with Crippen LogP contribution in [0.4, 0.5) is 10.1 Å². The Morgan fingerprint density at radius 2 is 1.71 bits per heavy atom. The molecule has 2 aromatic rings. The van der Waals surface area contributed by atoms with Gasteiger partial charge in [-0.2, -0.15) is 0 Å². The second kappa shape index (κ2) is 8.04. The van der Waals surface area contributed by atoms with Crippen molar-refractivity contribution in [3.8, 4) is 0 Å². The molecular weight excluding hydrogens is 319 g/mol. The van der Waals surface area contributed by atoms with E-state index in [1.54, 1.807) is 12.1 Å². The zero-order valence-corrected chi connectivity index (χ0v) is 15.3. The molecule has 2 nitrogen and oxygen atoms in total. The largest absolute Gasteiger partial charge is 0.369 e. The predicted octanol–water partition coefficient (Wildman–Crippen LogP) is 4.57. The van der Waals surface area contributed by atoms with E-state index in [2.05, 4.69) is 41.8 Å². The van der Waals surface area contributed by atoms with Gasteiger partial charge in [0.15, 0.2) is 0 Å². The van der Waals surface area contributed by atoms with Crippen molar-refractivity contribution in [3.05, 3.63) is 59.4 Å². The molecule has 0 aromatic heterocycles. The van der Waals surface area contributed by atoms with Gasteiger partial charge in [0.25, 0.3) is 0 Å². The number of hydrogen-bond acceptors (Lipinski definition) is 3. The molecule has 0 N–H and O–H groups in total. The Hall–Kier alpha value is -1.52. The Morgan fingerprint density at radius 1 is 1.00 bits per heavy atom. The fourth-order valence-electron chi connectivity index (χ4n) is 3.20. The van der Waals surface area contributed by atoms with E-state index >= 15 is 0 Å². The van der Waals surface area contributed by atoms with Crippen LogP contribution < -0.4 is 4.90 Å². The van der Waals surface area contributed by atoms with E-state index in [1.165, 1.54) is 16.0 Å². The molecule has 2 aromatic carbocycles. The van der Waals surface area contributed by atoms with Crippen molar-refractivity contribution in [1.29, 1.82) is 0 Å². The minimum Gasteiger partial charge on any atom is -0.369 e. The molecule has 0 bridgehead atoms. The molecule has 128 valence electrons. The standard InChI is InChI=1S/C20H25FN2S/c1-3-24-20-6-4-5-17(16(20)2)15-22-11-13-23(14-12-22)19-9-7-18(21)8-10-19/h4-10H,3,11-15H2,1-2H3. The van der Waals surface area contributed by atoms with Crippen LogP contribution in [-0.4, -0.2) is 36.8 Å². The normalized spacial score (nSPS) is 15.7. The lowest BCUT2D eigenvalue weighted by Crippen LogP contribution is -2.46. The fraction of sp³-hybridized carbons (Fsp3) is 0.400. The number of benzene rings is 2. The molecule has 0 atom stereocenters. The quantitative estimate of drug-likeness (QED) is 0.734. The van der Waals surface area contributed by atoms with E-state index in [0.29, 0.717) is 0 Å². The Bertz CT molecular complexity index is 664. The van der Waals surface area contributed by atoms with Crippen LogP contribution in [0.2, 0.25) is 0 Å². The summed E-state index contributed by atoms with van der Waals surface area (Å²) in [6, 6.07) is 13.5. The van der Waals surface area contributed by atoms with E-state index < -0.39 is 0 Å². The van der Waals surface area contributed by atoms with E-state index in [-0.39, 0.29) is 5.82 Å². The van der Waals surface area contributed by atoms with Crippen molar-refractivity contribution >= 4 is 17.4 Å². The highest BCUT2D eigenvalue weighted by Gasteiger charge is 2.18. The van der Waals surface area contributed by atoms with Crippen molar-refractivity contribution in [1.82, 2.24) is 4.90 Å². The SMILES string of the molecule is CCSc1cccc(CN2CCN(c3ccc(F)cc3)CC2)c1C. The molecule has 24 heavy (non-hydrogen) atoms. The molecule has 1 saturated heterocycles. The van der Waals surface area contributed by atoms with Gasteiger partial charge in [0.2, 0.25) is 0 Å². The van der Waals surface area contributed by atoms with Gasteiger partial charge in [0, 0.05) is 43.3 Å². The monoisotopic (exact) mass is 344 g/mol. The Balaban J connectivity index is 1.59. The van der Waals surface area contributed by atoms with Crippen LogP contribution in [0, 0.1) is 12.7 Å². The molecular formula is C20H25FN2S. The summed E-state index contributed by atoms with van der Waals surface area (Å²) in [6.45, 7) is 9.53. The minimum atomic E-state index is -0.169. The predicted molar refractivity (Wildman–Crippen MR) is 101 cm³/mol. The summed E-state index contributed by atoms with van der Waals surface area (Å²) in [5.74, 6) is 0.943. The molecule has 1 aliphatic rings. The van der Waals surface area contributed by atoms with Gasteiger partial charge in [-0.1, -0.05) is 19.1 Å². The van der Waals surface area contributed by atoms with Crippen LogP contribution in [-0.2, 0) is 6.54 Å². The third kappa shape index (κ3) is 4.11. The third-order valence-corrected chi connectivity index (χ3v) is 5.70. The first-order valence-corrected chi connectivity index (χ1v) is 9.60. The lowest BCUT2D eigenvalue weighted by molar-refractivity contribution is 0.249. The first-order chi connectivity index (χ1) is 11.7. The summed E-state index contributed by atoms with van der Waals surface area (Å²) in [5, 5.41) is 0. The second-order valence-corrected chi connectivity index (χ2v) is 7.52. The molecule has 0 amide bonds. The maximum atomic E-state index is 13.1. The first kappa shape index (κ1) is 17.3. The molecule has 4 heteroatoms. The Kier molecular flexibility index (Phi) is 5.80. The summed E-state index contributed by atoms with van der Waals surface area (Å²) in [6.07, 6.45) is 0. The first-order valence-electron chi connectivity index (χ1n) is 8.61.